The molecule has 6 heteroatoms. The van der Waals surface area contributed by atoms with Crippen LogP contribution in [0, 0.1) is 0 Å². The van der Waals surface area contributed by atoms with Crippen molar-refractivity contribution in [3.63, 3.8) is 0 Å². The monoisotopic (exact) mass is 356 g/mol. The molecule has 2 N–H and O–H groups in total. The molecule has 26 heavy (non-hydrogen) atoms. The summed E-state index contributed by atoms with van der Waals surface area (Å²) >= 11 is 0. The van der Waals surface area contributed by atoms with Gasteiger partial charge in [-0.2, -0.15) is 0 Å². The molecule has 6 nitrogen and oxygen atoms in total. The van der Waals surface area contributed by atoms with E-state index in [2.05, 4.69) is 5.32 Å². The van der Waals surface area contributed by atoms with Gasteiger partial charge in [-0.15, -0.1) is 0 Å². The lowest BCUT2D eigenvalue weighted by Gasteiger charge is -2.42. The van der Waals surface area contributed by atoms with Crippen LogP contribution < -0.4 is 10.1 Å². The van der Waals surface area contributed by atoms with E-state index in [1.165, 1.54) is 0 Å². The first kappa shape index (κ1) is 18.2. The minimum Gasteiger partial charge on any atom is -0.496 e. The number of methoxy groups -OCH3 is 1. The van der Waals surface area contributed by atoms with Crippen molar-refractivity contribution >= 4 is 22.6 Å². The molecule has 0 aromatic heterocycles. The van der Waals surface area contributed by atoms with Crippen molar-refractivity contribution in [1.82, 2.24) is 10.2 Å². The molecule has 138 valence electrons. The Morgan fingerprint density at radius 2 is 1.88 bits per heavy atom. The second-order valence-corrected chi connectivity index (χ2v) is 6.61. The largest absolute Gasteiger partial charge is 0.496 e. The van der Waals surface area contributed by atoms with E-state index in [1.54, 1.807) is 13.2 Å². The van der Waals surface area contributed by atoms with Crippen molar-refractivity contribution in [1.29, 1.82) is 0 Å². The average molecular weight is 356 g/mol. The summed E-state index contributed by atoms with van der Waals surface area (Å²) in [6.07, 6.45) is 1.56. The van der Waals surface area contributed by atoms with Crippen molar-refractivity contribution in [3.05, 3.63) is 42.0 Å². The molecule has 0 heterocycles. The SMILES string of the molecule is CCN(CC(=O)O)C1CC(NC(=O)c2ccc(OC)c3ccccc23)C1. The Balaban J connectivity index is 1.67. The van der Waals surface area contributed by atoms with Gasteiger partial charge in [-0.3, -0.25) is 14.5 Å². The molecule has 2 aromatic rings. The standard InChI is InChI=1S/C20H24N2O4/c1-3-22(12-19(23)24)14-10-13(11-14)21-20(25)17-8-9-18(26-2)16-7-5-4-6-15(16)17/h4-9,13-14H,3,10-12H2,1-2H3,(H,21,25)(H,23,24). The van der Waals surface area contributed by atoms with E-state index in [-0.39, 0.29) is 24.5 Å². The summed E-state index contributed by atoms with van der Waals surface area (Å²) in [6.45, 7) is 2.70. The third kappa shape index (κ3) is 3.65. The van der Waals surface area contributed by atoms with Gasteiger partial charge in [0.15, 0.2) is 0 Å². The summed E-state index contributed by atoms with van der Waals surface area (Å²) in [5, 5.41) is 13.8. The number of carboxylic acid groups (broad SMARTS) is 1. The lowest BCUT2D eigenvalue weighted by molar-refractivity contribution is -0.139. The second-order valence-electron chi connectivity index (χ2n) is 6.61. The molecule has 1 fully saturated rings. The zero-order valence-corrected chi connectivity index (χ0v) is 15.1. The molecule has 1 amide bonds. The number of amides is 1. The van der Waals surface area contributed by atoms with E-state index in [1.807, 2.05) is 42.2 Å². The number of benzene rings is 2. The normalized spacial score (nSPS) is 19.2. The highest BCUT2D eigenvalue weighted by molar-refractivity contribution is 6.08. The first-order valence-electron chi connectivity index (χ1n) is 8.86. The molecule has 0 unspecified atom stereocenters. The highest BCUT2D eigenvalue weighted by atomic mass is 16.5. The Morgan fingerprint density at radius 3 is 2.50 bits per heavy atom. The fourth-order valence-corrected chi connectivity index (χ4v) is 3.59. The fraction of sp³-hybridized carbons (Fsp3) is 0.400. The van der Waals surface area contributed by atoms with Gasteiger partial charge >= 0.3 is 5.97 Å². The van der Waals surface area contributed by atoms with Crippen LogP contribution in [0.25, 0.3) is 10.8 Å². The number of hydrogen-bond donors (Lipinski definition) is 2. The third-order valence-electron chi connectivity index (χ3n) is 5.06. The molecule has 2 aromatic carbocycles. The number of fused-ring (bicyclic) bond motifs is 1. The molecule has 1 saturated carbocycles. The van der Waals surface area contributed by atoms with Crippen molar-refractivity contribution in [2.24, 2.45) is 0 Å². The lowest BCUT2D eigenvalue weighted by atomic mass is 9.85. The van der Waals surface area contributed by atoms with Crippen molar-refractivity contribution in [3.8, 4) is 5.75 Å². The van der Waals surface area contributed by atoms with Crippen LogP contribution >= 0.6 is 0 Å². The minimum absolute atomic E-state index is 0.0466. The zero-order valence-electron chi connectivity index (χ0n) is 15.1. The van der Waals surface area contributed by atoms with Gasteiger partial charge in [-0.05, 0) is 36.9 Å². The van der Waals surface area contributed by atoms with Crippen LogP contribution in [0.3, 0.4) is 0 Å². The lowest BCUT2D eigenvalue weighted by Crippen LogP contribution is -2.54. The molecule has 0 atom stereocenters. The first-order valence-corrected chi connectivity index (χ1v) is 8.86. The molecule has 0 radical (unpaired) electrons. The van der Waals surface area contributed by atoms with E-state index in [0.29, 0.717) is 12.1 Å². The van der Waals surface area contributed by atoms with Crippen LogP contribution in [-0.2, 0) is 4.79 Å². The number of carbonyl (C=O) groups is 2. The average Bonchev–Trinajstić information content (AvgIpc) is 2.61. The number of rotatable bonds is 7. The molecule has 3 rings (SSSR count). The topological polar surface area (TPSA) is 78.9 Å². The molecule has 0 bridgehead atoms. The molecule has 0 aliphatic heterocycles. The predicted octanol–water partition coefficient (Wildman–Crippen LogP) is 2.52. The van der Waals surface area contributed by atoms with Gasteiger partial charge in [-0.25, -0.2) is 0 Å². The van der Waals surface area contributed by atoms with Gasteiger partial charge in [0.1, 0.15) is 5.75 Å². The van der Waals surface area contributed by atoms with Crippen LogP contribution in [0.1, 0.15) is 30.1 Å². The number of likely N-dealkylation sites (N-methyl/N-ethyl adjacent to an activating group) is 1. The Bertz CT molecular complexity index is 815. The van der Waals surface area contributed by atoms with Crippen molar-refractivity contribution < 1.29 is 19.4 Å². The van der Waals surface area contributed by atoms with E-state index >= 15 is 0 Å². The highest BCUT2D eigenvalue weighted by Crippen LogP contribution is 2.30. The quantitative estimate of drug-likeness (QED) is 0.797. The van der Waals surface area contributed by atoms with Gasteiger partial charge in [0.2, 0.25) is 0 Å². The van der Waals surface area contributed by atoms with E-state index < -0.39 is 5.97 Å². The smallest absolute Gasteiger partial charge is 0.317 e. The van der Waals surface area contributed by atoms with E-state index in [9.17, 15) is 9.59 Å². The fourth-order valence-electron chi connectivity index (χ4n) is 3.59. The van der Waals surface area contributed by atoms with Gasteiger partial charge in [0.05, 0.1) is 13.7 Å². The first-order chi connectivity index (χ1) is 12.5. The van der Waals surface area contributed by atoms with Gasteiger partial charge in [0, 0.05) is 23.0 Å². The number of hydrogen-bond acceptors (Lipinski definition) is 4. The third-order valence-corrected chi connectivity index (χ3v) is 5.06. The number of nitrogens with zero attached hydrogens (tertiary/aromatic N) is 1. The van der Waals surface area contributed by atoms with Crippen LogP contribution in [0.5, 0.6) is 5.75 Å². The maximum atomic E-state index is 12.7. The highest BCUT2D eigenvalue weighted by Gasteiger charge is 2.34. The molecule has 0 spiro atoms. The molecule has 1 aliphatic rings. The summed E-state index contributed by atoms with van der Waals surface area (Å²) in [5.41, 5.74) is 0.628. The molecule has 1 aliphatic carbocycles. The molecular formula is C20H24N2O4. The Morgan fingerprint density at radius 1 is 1.19 bits per heavy atom. The van der Waals surface area contributed by atoms with Gasteiger partial charge < -0.3 is 15.2 Å². The van der Waals surface area contributed by atoms with Crippen LogP contribution in [0.4, 0.5) is 0 Å². The van der Waals surface area contributed by atoms with Crippen molar-refractivity contribution in [2.75, 3.05) is 20.2 Å². The Hall–Kier alpha value is -2.60. The summed E-state index contributed by atoms with van der Waals surface area (Å²) in [7, 11) is 1.62. The predicted molar refractivity (Wildman–Crippen MR) is 99.7 cm³/mol. The summed E-state index contributed by atoms with van der Waals surface area (Å²) in [5.74, 6) is -0.175. The van der Waals surface area contributed by atoms with Crippen molar-refractivity contribution in [2.45, 2.75) is 31.8 Å². The summed E-state index contributed by atoms with van der Waals surface area (Å²) in [6, 6.07) is 11.6. The van der Waals surface area contributed by atoms with Crippen LogP contribution in [0.15, 0.2) is 36.4 Å². The Kier molecular flexibility index (Phi) is 5.42. The minimum atomic E-state index is -0.816. The van der Waals surface area contributed by atoms with Crippen LogP contribution in [-0.4, -0.2) is 54.2 Å². The zero-order chi connectivity index (χ0) is 18.7. The van der Waals surface area contributed by atoms with Crippen LogP contribution in [0.2, 0.25) is 0 Å². The second kappa shape index (κ2) is 7.74. The Labute approximate surface area is 152 Å². The summed E-state index contributed by atoms with van der Waals surface area (Å²) in [4.78, 5) is 25.6. The van der Waals surface area contributed by atoms with Gasteiger partial charge in [-0.1, -0.05) is 31.2 Å². The number of carbonyl (C=O) groups excluding carboxylic acids is 1. The van der Waals surface area contributed by atoms with E-state index in [0.717, 1.165) is 29.4 Å². The van der Waals surface area contributed by atoms with E-state index in [4.69, 9.17) is 9.84 Å². The number of carboxylic acids is 1. The number of nitrogens with one attached hydrogen (secondary N) is 1. The molecule has 0 saturated heterocycles. The molecular weight excluding hydrogens is 332 g/mol. The maximum Gasteiger partial charge on any atom is 0.317 e. The van der Waals surface area contributed by atoms with Gasteiger partial charge in [0.25, 0.3) is 5.91 Å². The number of aliphatic carboxylic acids is 1. The number of ether oxygens (including phenoxy) is 1. The summed E-state index contributed by atoms with van der Waals surface area (Å²) < 4.78 is 5.37. The maximum absolute atomic E-state index is 12.7.